The topological polar surface area (TPSA) is 72.0 Å². The molecule has 84 valence electrons. The number of H-pyrrole nitrogens is 1. The van der Waals surface area contributed by atoms with Crippen molar-refractivity contribution in [1.82, 2.24) is 9.97 Å². The van der Waals surface area contributed by atoms with Crippen molar-refractivity contribution >= 4 is 47.6 Å². The Balaban J connectivity index is 2.68. The molecule has 0 aliphatic carbocycles. The van der Waals surface area contributed by atoms with Crippen molar-refractivity contribution in [1.29, 1.82) is 0 Å². The zero-order chi connectivity index (χ0) is 12.6. The lowest BCUT2D eigenvalue weighted by Crippen LogP contribution is -2.17. The first-order valence-corrected chi connectivity index (χ1v) is 4.97. The van der Waals surface area contributed by atoms with E-state index < -0.39 is 11.8 Å². The van der Waals surface area contributed by atoms with E-state index in [1.165, 1.54) is 12.4 Å². The average molecular weight is 248 g/mol. The predicted octanol–water partition coefficient (Wildman–Crippen LogP) is 0.366. The van der Waals surface area contributed by atoms with Crippen molar-refractivity contribution in [2.24, 2.45) is 0 Å². The zero-order valence-electron chi connectivity index (χ0n) is 8.78. The highest BCUT2D eigenvalue weighted by Gasteiger charge is 2.22. The number of halogens is 1. The van der Waals surface area contributed by atoms with Gasteiger partial charge in [-0.05, 0) is 0 Å². The number of nitrogens with zero attached hydrogens (tertiary/aromatic N) is 1. The molecule has 0 saturated heterocycles. The van der Waals surface area contributed by atoms with E-state index in [-0.39, 0.29) is 16.2 Å². The molecular weight excluding hydrogens is 242 g/mol. The summed E-state index contributed by atoms with van der Waals surface area (Å²) < 4.78 is 4.36. The summed E-state index contributed by atoms with van der Waals surface area (Å²) in [7, 11) is 6.84. The lowest BCUT2D eigenvalue weighted by atomic mass is 9.92. The quantitative estimate of drug-likeness (QED) is 0.274. The number of carbonyl (C=O) groups is 2. The van der Waals surface area contributed by atoms with E-state index in [1.807, 2.05) is 0 Å². The number of aromatic amines is 1. The molecule has 0 aliphatic rings. The molecule has 0 unspecified atom stereocenters. The van der Waals surface area contributed by atoms with Gasteiger partial charge in [-0.2, -0.15) is 0 Å². The van der Waals surface area contributed by atoms with Crippen molar-refractivity contribution in [2.45, 2.75) is 0 Å². The number of aromatic nitrogens is 2. The van der Waals surface area contributed by atoms with Crippen LogP contribution < -0.4 is 5.46 Å². The fourth-order valence-corrected chi connectivity index (χ4v) is 1.72. The van der Waals surface area contributed by atoms with E-state index in [2.05, 4.69) is 14.7 Å². The Kier molecular flexibility index (Phi) is 2.89. The van der Waals surface area contributed by atoms with Gasteiger partial charge in [-0.15, -0.1) is 0 Å². The van der Waals surface area contributed by atoms with Crippen LogP contribution >= 0.6 is 11.6 Å². The molecule has 0 fully saturated rings. The molecule has 2 rings (SSSR count). The van der Waals surface area contributed by atoms with Gasteiger partial charge in [0, 0.05) is 17.8 Å². The van der Waals surface area contributed by atoms with Crippen LogP contribution in [-0.4, -0.2) is 36.7 Å². The van der Waals surface area contributed by atoms with Crippen LogP contribution in [0.4, 0.5) is 0 Å². The molecule has 2 aromatic heterocycles. The fourth-order valence-electron chi connectivity index (χ4n) is 1.52. The molecule has 2 aromatic rings. The smallest absolute Gasteiger partial charge is 0.379 e. The van der Waals surface area contributed by atoms with Gasteiger partial charge in [0.2, 0.25) is 0 Å². The van der Waals surface area contributed by atoms with Gasteiger partial charge in [0.1, 0.15) is 7.85 Å². The second-order valence-corrected chi connectivity index (χ2v) is 3.64. The first-order chi connectivity index (χ1) is 8.06. The van der Waals surface area contributed by atoms with E-state index in [4.69, 9.17) is 19.4 Å². The number of methoxy groups -OCH3 is 1. The highest BCUT2D eigenvalue weighted by atomic mass is 35.5. The summed E-state index contributed by atoms with van der Waals surface area (Å²) in [5, 5.41) is 0.554. The van der Waals surface area contributed by atoms with Gasteiger partial charge in [0.15, 0.2) is 5.15 Å². The van der Waals surface area contributed by atoms with Crippen molar-refractivity contribution in [2.75, 3.05) is 7.11 Å². The molecule has 0 spiro atoms. The summed E-state index contributed by atoms with van der Waals surface area (Å²) in [6.07, 6.45) is 2.68. The van der Waals surface area contributed by atoms with Crippen molar-refractivity contribution in [3.63, 3.8) is 0 Å². The predicted molar refractivity (Wildman–Crippen MR) is 62.8 cm³/mol. The van der Waals surface area contributed by atoms with Crippen molar-refractivity contribution in [3.05, 3.63) is 23.1 Å². The molecule has 2 radical (unpaired) electrons. The molecule has 7 heteroatoms. The number of hydrogen-bond acceptors (Lipinski definition) is 4. The number of hydrogen-bond donors (Lipinski definition) is 1. The SMILES string of the molecule is [B]c1cnc(Cl)c2[nH]cc(C(=O)C(=O)OC)c12. The number of esters is 1. The van der Waals surface area contributed by atoms with Gasteiger partial charge in [0.05, 0.1) is 18.2 Å². The molecule has 0 aliphatic heterocycles. The number of ether oxygens (including phenoxy) is 1. The average Bonchev–Trinajstić information content (AvgIpc) is 2.77. The molecule has 0 atom stereocenters. The maximum atomic E-state index is 11.7. The molecule has 2 heterocycles. The Bertz CT molecular complexity index is 623. The van der Waals surface area contributed by atoms with Gasteiger partial charge in [0.25, 0.3) is 5.78 Å². The highest BCUT2D eigenvalue weighted by molar-refractivity contribution is 6.48. The van der Waals surface area contributed by atoms with Crippen LogP contribution in [0, 0.1) is 0 Å². The summed E-state index contributed by atoms with van der Waals surface area (Å²) in [5.74, 6) is -1.74. The summed E-state index contributed by atoms with van der Waals surface area (Å²) in [5.41, 5.74) is 0.797. The van der Waals surface area contributed by atoms with Gasteiger partial charge >= 0.3 is 5.97 Å². The van der Waals surface area contributed by atoms with Crippen molar-refractivity contribution in [3.8, 4) is 0 Å². The van der Waals surface area contributed by atoms with Gasteiger partial charge < -0.3 is 9.72 Å². The second kappa shape index (κ2) is 4.22. The summed E-state index contributed by atoms with van der Waals surface area (Å²) >= 11 is 5.84. The third-order valence-electron chi connectivity index (χ3n) is 2.31. The fraction of sp³-hybridized carbons (Fsp3) is 0.100. The summed E-state index contributed by atoms with van der Waals surface area (Å²) in [6, 6.07) is 0. The van der Waals surface area contributed by atoms with Crippen molar-refractivity contribution < 1.29 is 14.3 Å². The molecule has 0 bridgehead atoms. The van der Waals surface area contributed by atoms with E-state index in [9.17, 15) is 9.59 Å². The standard InChI is InChI=1S/C10H6BClN2O3/c1-17-10(16)8(15)4-2-13-7-6(4)5(11)3-14-9(7)12/h2-3,13H,1H3. The number of nitrogens with one attached hydrogen (secondary N) is 1. The molecule has 0 amide bonds. The maximum Gasteiger partial charge on any atom is 0.379 e. The van der Waals surface area contributed by atoms with E-state index in [1.54, 1.807) is 0 Å². The van der Waals surface area contributed by atoms with E-state index in [0.29, 0.717) is 10.9 Å². The molecule has 0 aromatic carbocycles. The molecule has 5 nitrogen and oxygen atoms in total. The van der Waals surface area contributed by atoms with E-state index >= 15 is 0 Å². The Morgan fingerprint density at radius 1 is 1.53 bits per heavy atom. The number of ketones is 1. The van der Waals surface area contributed by atoms with Crippen LogP contribution in [0.5, 0.6) is 0 Å². The van der Waals surface area contributed by atoms with Gasteiger partial charge in [-0.25, -0.2) is 9.78 Å². The Morgan fingerprint density at radius 2 is 2.24 bits per heavy atom. The normalized spacial score (nSPS) is 10.5. The maximum absolute atomic E-state index is 11.7. The second-order valence-electron chi connectivity index (χ2n) is 3.28. The molecule has 1 N–H and O–H groups in total. The zero-order valence-corrected chi connectivity index (χ0v) is 9.54. The highest BCUT2D eigenvalue weighted by Crippen LogP contribution is 2.22. The third kappa shape index (κ3) is 1.80. The minimum Gasteiger partial charge on any atom is -0.463 e. The van der Waals surface area contributed by atoms with Gasteiger partial charge in [-0.1, -0.05) is 17.1 Å². The molecule has 17 heavy (non-hydrogen) atoms. The monoisotopic (exact) mass is 248 g/mol. The van der Waals surface area contributed by atoms with Crippen LogP contribution in [0.1, 0.15) is 10.4 Å². The van der Waals surface area contributed by atoms with Crippen LogP contribution in [0.2, 0.25) is 5.15 Å². The van der Waals surface area contributed by atoms with Crippen LogP contribution in [0.25, 0.3) is 10.9 Å². The number of Topliss-reactive ketones (excluding diaryl/α,β-unsaturated/α-hetero) is 1. The Morgan fingerprint density at radius 3 is 2.88 bits per heavy atom. The third-order valence-corrected chi connectivity index (χ3v) is 2.59. The Labute approximate surface area is 103 Å². The number of pyridine rings is 1. The number of carbonyl (C=O) groups excluding carboxylic acids is 2. The minimum atomic E-state index is -0.960. The first kappa shape index (κ1) is 11.7. The molecule has 0 saturated carbocycles. The number of rotatable bonds is 2. The van der Waals surface area contributed by atoms with Crippen LogP contribution in [-0.2, 0) is 9.53 Å². The Hall–Kier alpha value is -1.82. The largest absolute Gasteiger partial charge is 0.463 e. The summed E-state index contributed by atoms with van der Waals surface area (Å²) in [6.45, 7) is 0. The number of fused-ring (bicyclic) bond motifs is 1. The van der Waals surface area contributed by atoms with Crippen LogP contribution in [0.15, 0.2) is 12.4 Å². The minimum absolute atomic E-state index is 0.119. The summed E-state index contributed by atoms with van der Waals surface area (Å²) in [4.78, 5) is 29.5. The van der Waals surface area contributed by atoms with Gasteiger partial charge in [-0.3, -0.25) is 4.79 Å². The first-order valence-electron chi connectivity index (χ1n) is 4.60. The van der Waals surface area contributed by atoms with Crippen LogP contribution in [0.3, 0.4) is 0 Å². The molecular formula is C10H6BClN2O3. The lowest BCUT2D eigenvalue weighted by Gasteiger charge is -2.01. The lowest BCUT2D eigenvalue weighted by molar-refractivity contribution is -0.135. The van der Waals surface area contributed by atoms with E-state index in [0.717, 1.165) is 7.11 Å².